The molecule has 0 saturated carbocycles. The van der Waals surface area contributed by atoms with Crippen LogP contribution in [0.4, 0.5) is 0 Å². The number of nitrogens with zero attached hydrogens (tertiary/aromatic N) is 1. The van der Waals surface area contributed by atoms with Crippen molar-refractivity contribution < 1.29 is 14.3 Å². The number of carbonyl (C=O) groups is 1. The average molecular weight is 290 g/mol. The third-order valence-corrected chi connectivity index (χ3v) is 4.07. The van der Waals surface area contributed by atoms with Crippen LogP contribution in [0.1, 0.15) is 29.6 Å². The van der Waals surface area contributed by atoms with Crippen molar-refractivity contribution in [2.45, 2.75) is 25.3 Å². The highest BCUT2D eigenvalue weighted by atomic mass is 16.5. The average Bonchev–Trinajstić information content (AvgIpc) is 2.74. The number of hydrogen-bond donors (Lipinski definition) is 1. The SMILES string of the molecule is NC1CCN(CC(=O)c2ccc3c(c2)OCCCO3)CC1. The smallest absolute Gasteiger partial charge is 0.176 e. The lowest BCUT2D eigenvalue weighted by Gasteiger charge is -2.29. The predicted octanol–water partition coefficient (Wildman–Crippen LogP) is 1.45. The van der Waals surface area contributed by atoms with Gasteiger partial charge >= 0.3 is 0 Å². The first-order valence-electron chi connectivity index (χ1n) is 7.63. The number of Topliss-reactive ketones (excluding diaryl/α,β-unsaturated/α-hetero) is 1. The van der Waals surface area contributed by atoms with Crippen molar-refractivity contribution in [1.29, 1.82) is 0 Å². The molecule has 1 aromatic rings. The number of carbonyl (C=O) groups excluding carboxylic acids is 1. The van der Waals surface area contributed by atoms with Gasteiger partial charge in [0.05, 0.1) is 19.8 Å². The molecule has 5 heteroatoms. The number of fused-ring (bicyclic) bond motifs is 1. The second-order valence-corrected chi connectivity index (χ2v) is 5.75. The van der Waals surface area contributed by atoms with E-state index in [9.17, 15) is 4.79 Å². The largest absolute Gasteiger partial charge is 0.490 e. The predicted molar refractivity (Wildman–Crippen MR) is 80.0 cm³/mol. The van der Waals surface area contributed by atoms with Crippen molar-refractivity contribution in [1.82, 2.24) is 4.90 Å². The molecule has 3 rings (SSSR count). The normalized spacial score (nSPS) is 20.0. The third kappa shape index (κ3) is 3.54. The molecule has 0 atom stereocenters. The Bertz CT molecular complexity index is 510. The highest BCUT2D eigenvalue weighted by Crippen LogP contribution is 2.30. The lowest BCUT2D eigenvalue weighted by atomic mass is 10.0. The first-order chi connectivity index (χ1) is 10.2. The Labute approximate surface area is 125 Å². The van der Waals surface area contributed by atoms with Crippen LogP contribution in [0.3, 0.4) is 0 Å². The van der Waals surface area contributed by atoms with Crippen molar-refractivity contribution in [2.75, 3.05) is 32.8 Å². The van der Waals surface area contributed by atoms with Crippen molar-refractivity contribution in [3.8, 4) is 11.5 Å². The van der Waals surface area contributed by atoms with Gasteiger partial charge in [-0.3, -0.25) is 9.69 Å². The van der Waals surface area contributed by atoms with Crippen LogP contribution in [0.15, 0.2) is 18.2 Å². The Morgan fingerprint density at radius 1 is 1.19 bits per heavy atom. The number of ether oxygens (including phenoxy) is 2. The van der Waals surface area contributed by atoms with E-state index in [4.69, 9.17) is 15.2 Å². The standard InChI is InChI=1S/C16H22N2O3/c17-13-4-6-18(7-5-13)11-14(19)12-2-3-15-16(10-12)21-9-1-8-20-15/h2-3,10,13H,1,4-9,11,17H2. The van der Waals surface area contributed by atoms with Crippen LogP contribution in [0.25, 0.3) is 0 Å². The zero-order chi connectivity index (χ0) is 14.7. The van der Waals surface area contributed by atoms with Gasteiger partial charge in [-0.05, 0) is 31.0 Å². The highest BCUT2D eigenvalue weighted by Gasteiger charge is 2.20. The fourth-order valence-electron chi connectivity index (χ4n) is 2.74. The third-order valence-electron chi connectivity index (χ3n) is 4.07. The zero-order valence-electron chi connectivity index (χ0n) is 12.2. The van der Waals surface area contributed by atoms with Crippen molar-refractivity contribution in [2.24, 2.45) is 5.73 Å². The summed E-state index contributed by atoms with van der Waals surface area (Å²) in [6.07, 6.45) is 2.80. The van der Waals surface area contributed by atoms with E-state index in [0.29, 0.717) is 31.1 Å². The molecule has 5 nitrogen and oxygen atoms in total. The fourth-order valence-corrected chi connectivity index (χ4v) is 2.74. The van der Waals surface area contributed by atoms with E-state index in [0.717, 1.165) is 38.1 Å². The number of ketones is 1. The Hall–Kier alpha value is -1.59. The van der Waals surface area contributed by atoms with E-state index >= 15 is 0 Å². The van der Waals surface area contributed by atoms with E-state index in [2.05, 4.69) is 4.90 Å². The summed E-state index contributed by atoms with van der Waals surface area (Å²) < 4.78 is 11.2. The lowest BCUT2D eigenvalue weighted by molar-refractivity contribution is 0.0909. The van der Waals surface area contributed by atoms with Gasteiger partial charge in [-0.2, -0.15) is 0 Å². The molecule has 1 aromatic carbocycles. The second kappa shape index (κ2) is 6.45. The number of piperidine rings is 1. The Kier molecular flexibility index (Phi) is 4.41. The summed E-state index contributed by atoms with van der Waals surface area (Å²) in [5.74, 6) is 1.54. The molecule has 0 radical (unpaired) electrons. The lowest BCUT2D eigenvalue weighted by Crippen LogP contribution is -2.41. The van der Waals surface area contributed by atoms with Gasteiger partial charge in [0.25, 0.3) is 0 Å². The molecular weight excluding hydrogens is 268 g/mol. The maximum atomic E-state index is 12.4. The van der Waals surface area contributed by atoms with Crippen molar-refractivity contribution in [3.63, 3.8) is 0 Å². The minimum Gasteiger partial charge on any atom is -0.490 e. The van der Waals surface area contributed by atoms with Gasteiger partial charge in [0.2, 0.25) is 0 Å². The molecule has 0 bridgehead atoms. The van der Waals surface area contributed by atoms with Crippen LogP contribution < -0.4 is 15.2 Å². The van der Waals surface area contributed by atoms with Crippen molar-refractivity contribution >= 4 is 5.78 Å². The molecule has 0 spiro atoms. The Morgan fingerprint density at radius 3 is 2.67 bits per heavy atom. The van der Waals surface area contributed by atoms with Gasteiger partial charge in [0.1, 0.15) is 0 Å². The zero-order valence-corrected chi connectivity index (χ0v) is 12.2. The van der Waals surface area contributed by atoms with Crippen molar-refractivity contribution in [3.05, 3.63) is 23.8 Å². The molecule has 2 aliphatic rings. The molecule has 0 aliphatic carbocycles. The number of hydrogen-bond acceptors (Lipinski definition) is 5. The van der Waals surface area contributed by atoms with Crippen LogP contribution in [-0.2, 0) is 0 Å². The van der Waals surface area contributed by atoms with E-state index in [1.807, 2.05) is 12.1 Å². The number of nitrogens with two attached hydrogens (primary N) is 1. The summed E-state index contributed by atoms with van der Waals surface area (Å²) in [5.41, 5.74) is 6.58. The minimum atomic E-state index is 0.126. The number of likely N-dealkylation sites (tertiary alicyclic amines) is 1. The molecule has 1 saturated heterocycles. The summed E-state index contributed by atoms with van der Waals surface area (Å²) in [4.78, 5) is 14.6. The van der Waals surface area contributed by atoms with E-state index in [1.54, 1.807) is 6.07 Å². The molecule has 2 heterocycles. The molecular formula is C16H22N2O3. The van der Waals surface area contributed by atoms with E-state index < -0.39 is 0 Å². The van der Waals surface area contributed by atoms with E-state index in [1.165, 1.54) is 0 Å². The maximum absolute atomic E-state index is 12.4. The summed E-state index contributed by atoms with van der Waals surface area (Å²) in [5, 5.41) is 0. The minimum absolute atomic E-state index is 0.126. The molecule has 21 heavy (non-hydrogen) atoms. The molecule has 0 amide bonds. The topological polar surface area (TPSA) is 64.8 Å². The van der Waals surface area contributed by atoms with Crippen LogP contribution >= 0.6 is 0 Å². The van der Waals surface area contributed by atoms with Gasteiger partial charge in [-0.25, -0.2) is 0 Å². The molecule has 2 aliphatic heterocycles. The Morgan fingerprint density at radius 2 is 1.90 bits per heavy atom. The van der Waals surface area contributed by atoms with Crippen LogP contribution in [0, 0.1) is 0 Å². The van der Waals surface area contributed by atoms with Crippen LogP contribution in [0.2, 0.25) is 0 Å². The molecule has 2 N–H and O–H groups in total. The van der Waals surface area contributed by atoms with Gasteiger partial charge in [0.15, 0.2) is 17.3 Å². The fraction of sp³-hybridized carbons (Fsp3) is 0.562. The summed E-state index contributed by atoms with van der Waals surface area (Å²) in [7, 11) is 0. The van der Waals surface area contributed by atoms with Crippen LogP contribution in [-0.4, -0.2) is 49.6 Å². The molecule has 114 valence electrons. The summed E-state index contributed by atoms with van der Waals surface area (Å²) in [6.45, 7) is 3.55. The quantitative estimate of drug-likeness (QED) is 0.854. The molecule has 0 unspecified atom stereocenters. The molecule has 0 aromatic heterocycles. The second-order valence-electron chi connectivity index (χ2n) is 5.75. The van der Waals surface area contributed by atoms with Gasteiger partial charge in [-0.15, -0.1) is 0 Å². The van der Waals surface area contributed by atoms with E-state index in [-0.39, 0.29) is 11.8 Å². The highest BCUT2D eigenvalue weighted by molar-refractivity contribution is 5.98. The monoisotopic (exact) mass is 290 g/mol. The van der Waals surface area contributed by atoms with Gasteiger partial charge in [0, 0.05) is 31.1 Å². The number of benzene rings is 1. The number of rotatable bonds is 3. The van der Waals surface area contributed by atoms with Gasteiger partial charge < -0.3 is 15.2 Å². The summed E-state index contributed by atoms with van der Waals surface area (Å²) in [6, 6.07) is 5.75. The summed E-state index contributed by atoms with van der Waals surface area (Å²) >= 11 is 0. The Balaban J connectivity index is 1.66. The first-order valence-corrected chi connectivity index (χ1v) is 7.63. The molecule has 1 fully saturated rings. The maximum Gasteiger partial charge on any atom is 0.176 e. The first kappa shape index (κ1) is 14.4. The van der Waals surface area contributed by atoms with Gasteiger partial charge in [-0.1, -0.05) is 0 Å². The van der Waals surface area contributed by atoms with Crippen LogP contribution in [0.5, 0.6) is 11.5 Å².